The Labute approximate surface area is 243 Å². The van der Waals surface area contributed by atoms with Crippen LogP contribution in [0.3, 0.4) is 0 Å². The van der Waals surface area contributed by atoms with Gasteiger partial charge in [0.1, 0.15) is 17.3 Å². The van der Waals surface area contributed by atoms with Gasteiger partial charge in [-0.2, -0.15) is 0 Å². The molecule has 0 fully saturated rings. The molecule has 0 aliphatic carbocycles. The zero-order chi connectivity index (χ0) is 28.6. The Morgan fingerprint density at radius 2 is 1.26 bits per heavy atom. The lowest BCUT2D eigenvalue weighted by molar-refractivity contribution is 0.0697. The van der Waals surface area contributed by atoms with Crippen LogP contribution in [0, 0.1) is 42.0 Å². The molecule has 4 aromatic carbocycles. The van der Waals surface area contributed by atoms with Gasteiger partial charge in [0, 0.05) is 7.14 Å². The van der Waals surface area contributed by atoms with E-state index < -0.39 is 75.0 Å². The molecule has 1 amide bonds. The number of benzene rings is 4. The third kappa shape index (κ3) is 5.68. The summed E-state index contributed by atoms with van der Waals surface area (Å²) in [5.41, 5.74) is -4.90. The second-order valence-corrected chi connectivity index (χ2v) is 10.3. The monoisotopic (exact) mass is 768 g/mol. The molecule has 0 atom stereocenters. The van der Waals surface area contributed by atoms with E-state index in [0.717, 1.165) is 24.3 Å². The van der Waals surface area contributed by atoms with Gasteiger partial charge in [-0.1, -0.05) is 0 Å². The van der Waals surface area contributed by atoms with Gasteiger partial charge in [-0.15, -0.1) is 0 Å². The van der Waals surface area contributed by atoms with E-state index in [-0.39, 0.29) is 10.6 Å². The number of hydrogen-bond acceptors (Lipinski definition) is 3. The van der Waals surface area contributed by atoms with Gasteiger partial charge in [0.15, 0.2) is 23.3 Å². The highest BCUT2D eigenvalue weighted by Crippen LogP contribution is 2.38. The SMILES string of the molecule is O=C(O)c1ccc(F)c(F)c1N(C(=O)c1ccc(F)c(F)c1Nc1ccc(I)cc1F)c1ccc(I)cc1F. The highest BCUT2D eigenvalue weighted by molar-refractivity contribution is 14.1. The van der Waals surface area contributed by atoms with Gasteiger partial charge in [-0.3, -0.25) is 9.69 Å². The average Bonchev–Trinajstić information content (AvgIpc) is 2.87. The predicted molar refractivity (Wildman–Crippen MR) is 148 cm³/mol. The first-order valence-electron chi connectivity index (χ1n) is 10.6. The number of halogens is 8. The lowest BCUT2D eigenvalue weighted by Crippen LogP contribution is -2.31. The Morgan fingerprint density at radius 1 is 0.692 bits per heavy atom. The first-order valence-corrected chi connectivity index (χ1v) is 12.8. The molecule has 0 saturated heterocycles. The van der Waals surface area contributed by atoms with Gasteiger partial charge in [0.25, 0.3) is 5.91 Å². The maximum absolute atomic E-state index is 15.2. The number of nitrogens with one attached hydrogen (secondary N) is 1. The normalized spacial score (nSPS) is 10.9. The van der Waals surface area contributed by atoms with Crippen LogP contribution in [0.5, 0.6) is 0 Å². The highest BCUT2D eigenvalue weighted by atomic mass is 127. The number of hydrogen-bond donors (Lipinski definition) is 2. The average molecular weight is 768 g/mol. The lowest BCUT2D eigenvalue weighted by Gasteiger charge is -2.27. The minimum Gasteiger partial charge on any atom is -0.478 e. The number of carboxylic acids is 1. The Bertz CT molecular complexity index is 1650. The standard InChI is InChI=1S/C26H12F6I2N2O3/c27-15-5-3-13(23(21(15)31)35-19-7-1-11(33)9-17(19)29)25(37)36(20-8-2-12(34)10-18(20)30)24-14(26(38)39)4-6-16(28)22(24)32/h1-10,35H,(H,38,39). The molecule has 5 nitrogen and oxygen atoms in total. The van der Waals surface area contributed by atoms with E-state index in [2.05, 4.69) is 5.32 Å². The van der Waals surface area contributed by atoms with Crippen LogP contribution in [0.1, 0.15) is 20.7 Å². The number of anilines is 4. The number of carboxylic acid groups (broad SMARTS) is 1. The van der Waals surface area contributed by atoms with Gasteiger partial charge in [-0.25, -0.2) is 31.1 Å². The predicted octanol–water partition coefficient (Wildman–Crippen LogP) is 8.15. The van der Waals surface area contributed by atoms with Crippen LogP contribution in [0.2, 0.25) is 0 Å². The van der Waals surface area contributed by atoms with E-state index in [1.807, 2.05) is 22.6 Å². The van der Waals surface area contributed by atoms with E-state index in [9.17, 15) is 27.9 Å². The van der Waals surface area contributed by atoms with Crippen molar-refractivity contribution in [3.8, 4) is 0 Å². The summed E-state index contributed by atoms with van der Waals surface area (Å²) in [5, 5.41) is 11.9. The Hall–Kier alpha value is -3.34. The molecule has 4 rings (SSSR count). The Kier molecular flexibility index (Phi) is 8.39. The quantitative estimate of drug-likeness (QED) is 0.154. The number of nitrogens with zero attached hydrogens (tertiary/aromatic N) is 1. The molecule has 0 bridgehead atoms. The van der Waals surface area contributed by atoms with E-state index in [4.69, 9.17) is 0 Å². The molecule has 0 radical (unpaired) electrons. The summed E-state index contributed by atoms with van der Waals surface area (Å²) in [5.74, 6) is -11.8. The van der Waals surface area contributed by atoms with E-state index in [0.29, 0.717) is 25.3 Å². The fourth-order valence-electron chi connectivity index (χ4n) is 3.62. The minimum atomic E-state index is -1.82. The molecule has 0 aliphatic rings. The molecule has 39 heavy (non-hydrogen) atoms. The maximum atomic E-state index is 15.2. The summed E-state index contributed by atoms with van der Waals surface area (Å²) in [4.78, 5) is 26.0. The third-order valence-electron chi connectivity index (χ3n) is 5.39. The van der Waals surface area contributed by atoms with Gasteiger partial charge >= 0.3 is 5.97 Å². The van der Waals surface area contributed by atoms with E-state index in [1.54, 1.807) is 22.6 Å². The van der Waals surface area contributed by atoms with Crippen LogP contribution >= 0.6 is 45.2 Å². The van der Waals surface area contributed by atoms with Crippen LogP contribution in [0.25, 0.3) is 0 Å². The van der Waals surface area contributed by atoms with Crippen molar-refractivity contribution in [1.82, 2.24) is 0 Å². The molecule has 2 N–H and O–H groups in total. The summed E-state index contributed by atoms with van der Waals surface area (Å²) < 4.78 is 89.3. The molecule has 0 heterocycles. The number of carbonyl (C=O) groups is 2. The molecule has 200 valence electrons. The maximum Gasteiger partial charge on any atom is 0.337 e. The fraction of sp³-hybridized carbons (Fsp3) is 0. The molecule has 13 heteroatoms. The van der Waals surface area contributed by atoms with Crippen molar-refractivity contribution in [1.29, 1.82) is 0 Å². The summed E-state index contributed by atoms with van der Waals surface area (Å²) in [6.07, 6.45) is 0. The summed E-state index contributed by atoms with van der Waals surface area (Å²) in [6.45, 7) is 0. The molecular weight excluding hydrogens is 756 g/mol. The summed E-state index contributed by atoms with van der Waals surface area (Å²) in [6, 6.07) is 9.35. The van der Waals surface area contributed by atoms with Crippen molar-refractivity contribution < 1.29 is 41.0 Å². The van der Waals surface area contributed by atoms with Crippen molar-refractivity contribution in [3.05, 3.63) is 114 Å². The number of amides is 1. The number of aromatic carboxylic acids is 1. The van der Waals surface area contributed by atoms with Gasteiger partial charge in [-0.05, 0) is 106 Å². The molecule has 0 spiro atoms. The third-order valence-corrected chi connectivity index (χ3v) is 6.73. The van der Waals surface area contributed by atoms with Gasteiger partial charge in [0.05, 0.1) is 28.2 Å². The first kappa shape index (κ1) is 28.7. The number of carbonyl (C=O) groups excluding carboxylic acids is 1. The summed E-state index contributed by atoms with van der Waals surface area (Å²) >= 11 is 3.55. The van der Waals surface area contributed by atoms with Crippen LogP contribution < -0.4 is 10.2 Å². The molecule has 4 aromatic rings. The molecule has 0 unspecified atom stereocenters. The first-order chi connectivity index (χ1) is 18.4. The minimum absolute atomic E-state index is 0.204. The van der Waals surface area contributed by atoms with Crippen molar-refractivity contribution in [2.75, 3.05) is 10.2 Å². The zero-order valence-corrected chi connectivity index (χ0v) is 23.3. The van der Waals surface area contributed by atoms with Crippen LogP contribution in [-0.2, 0) is 0 Å². The topological polar surface area (TPSA) is 69.6 Å². The van der Waals surface area contributed by atoms with Gasteiger partial charge < -0.3 is 10.4 Å². The zero-order valence-electron chi connectivity index (χ0n) is 19.0. The second kappa shape index (κ2) is 11.4. The second-order valence-electron chi connectivity index (χ2n) is 7.83. The Morgan fingerprint density at radius 3 is 1.85 bits per heavy atom. The Balaban J connectivity index is 2.01. The smallest absolute Gasteiger partial charge is 0.337 e. The summed E-state index contributed by atoms with van der Waals surface area (Å²) in [7, 11) is 0. The van der Waals surface area contributed by atoms with Crippen LogP contribution in [0.15, 0.2) is 60.7 Å². The molecule has 0 saturated carbocycles. The van der Waals surface area contributed by atoms with Crippen LogP contribution in [-0.4, -0.2) is 17.0 Å². The molecular formula is C26H12F6I2N2O3. The van der Waals surface area contributed by atoms with E-state index >= 15 is 13.2 Å². The van der Waals surface area contributed by atoms with Crippen molar-refractivity contribution in [2.45, 2.75) is 0 Å². The van der Waals surface area contributed by atoms with E-state index in [1.165, 1.54) is 18.2 Å². The number of rotatable bonds is 6. The fourth-order valence-corrected chi connectivity index (χ4v) is 4.53. The van der Waals surface area contributed by atoms with Crippen molar-refractivity contribution in [3.63, 3.8) is 0 Å². The van der Waals surface area contributed by atoms with Crippen LogP contribution in [0.4, 0.5) is 49.1 Å². The van der Waals surface area contributed by atoms with Crippen molar-refractivity contribution in [2.24, 2.45) is 0 Å². The lowest BCUT2D eigenvalue weighted by atomic mass is 10.1. The molecule has 0 aromatic heterocycles. The largest absolute Gasteiger partial charge is 0.478 e. The van der Waals surface area contributed by atoms with Crippen molar-refractivity contribution >= 4 is 79.8 Å². The van der Waals surface area contributed by atoms with Gasteiger partial charge in [0.2, 0.25) is 0 Å². The molecule has 0 aliphatic heterocycles. The highest BCUT2D eigenvalue weighted by Gasteiger charge is 2.33.